The van der Waals surface area contributed by atoms with Crippen molar-refractivity contribution in [3.8, 4) is 0 Å². The molecule has 0 spiro atoms. The molecule has 0 unspecified atom stereocenters. The van der Waals surface area contributed by atoms with Gasteiger partial charge in [-0.25, -0.2) is 13.3 Å². The van der Waals surface area contributed by atoms with Crippen molar-refractivity contribution in [2.45, 2.75) is 30.6 Å². The molecule has 14 heavy (non-hydrogen) atoms. The molecule has 1 aliphatic carbocycles. The molecular weight excluding hydrogens is 226 g/mol. The third-order valence-corrected chi connectivity index (χ3v) is 4.65. The van der Waals surface area contributed by atoms with Crippen LogP contribution in [0.1, 0.15) is 19.3 Å². The predicted octanol–water partition coefficient (Wildman–Crippen LogP) is 0.304. The zero-order valence-electron chi connectivity index (χ0n) is 8.11. The molecule has 0 aliphatic heterocycles. The van der Waals surface area contributed by atoms with Gasteiger partial charge in [0, 0.05) is 12.8 Å². The normalized spacial score (nSPS) is 34.4. The first-order chi connectivity index (χ1) is 6.45. The fraction of sp³-hybridized carbons (Fsp3) is 1.00. The minimum Gasteiger partial charge on any atom is -0.393 e. The molecule has 3 atom stereocenters. The van der Waals surface area contributed by atoms with Crippen LogP contribution in [0.25, 0.3) is 0 Å². The number of hydrogen-bond acceptors (Lipinski definition) is 4. The molecule has 0 heterocycles. The van der Waals surface area contributed by atoms with Crippen LogP contribution in [0, 0.1) is 5.92 Å². The third kappa shape index (κ3) is 3.08. The second-order valence-corrected chi connectivity index (χ2v) is 6.52. The summed E-state index contributed by atoms with van der Waals surface area (Å²) in [5.74, 6) is 0.0745. The Labute approximate surface area is 89.7 Å². The smallest absolute Gasteiger partial charge is 0.150 e. The fourth-order valence-electron chi connectivity index (χ4n) is 1.90. The van der Waals surface area contributed by atoms with Gasteiger partial charge in [-0.2, -0.15) is 0 Å². The zero-order valence-corrected chi connectivity index (χ0v) is 9.68. The van der Waals surface area contributed by atoms with Gasteiger partial charge in [-0.3, -0.25) is 0 Å². The van der Waals surface area contributed by atoms with Gasteiger partial charge in [-0.1, -0.05) is 0 Å². The summed E-state index contributed by atoms with van der Waals surface area (Å²) in [5.41, 5.74) is 0. The van der Waals surface area contributed by atoms with E-state index < -0.39 is 15.9 Å². The molecule has 2 N–H and O–H groups in total. The van der Waals surface area contributed by atoms with Crippen LogP contribution in [-0.4, -0.2) is 37.7 Å². The lowest BCUT2D eigenvalue weighted by Gasteiger charge is -2.31. The van der Waals surface area contributed by atoms with Crippen molar-refractivity contribution in [3.63, 3.8) is 0 Å². The average Bonchev–Trinajstić information content (AvgIpc) is 2.07. The van der Waals surface area contributed by atoms with E-state index in [9.17, 15) is 13.5 Å². The first kappa shape index (κ1) is 12.2. The molecule has 4 nitrogen and oxygen atoms in total. The topological polar surface area (TPSA) is 66.4 Å². The Kier molecular flexibility index (Phi) is 4.18. The molecule has 0 amide bonds. The lowest BCUT2D eigenvalue weighted by atomic mass is 9.86. The molecule has 6 heteroatoms. The Morgan fingerprint density at radius 3 is 2.57 bits per heavy atom. The SMILES string of the molecule is CS(=O)(=O)[C@@H]1CC[C@@H](CNCl)[C@H](O)C1. The summed E-state index contributed by atoms with van der Waals surface area (Å²) in [4.78, 5) is 2.48. The summed E-state index contributed by atoms with van der Waals surface area (Å²) in [5, 5.41) is 9.29. The van der Waals surface area contributed by atoms with E-state index in [2.05, 4.69) is 4.84 Å². The van der Waals surface area contributed by atoms with Crippen molar-refractivity contribution in [2.75, 3.05) is 12.8 Å². The molecule has 0 saturated heterocycles. The van der Waals surface area contributed by atoms with E-state index in [1.165, 1.54) is 6.26 Å². The Balaban J connectivity index is 2.55. The maximum absolute atomic E-state index is 11.2. The molecule has 1 rings (SSSR count). The second-order valence-electron chi connectivity index (χ2n) is 3.93. The number of nitrogens with one attached hydrogen (secondary N) is 1. The van der Waals surface area contributed by atoms with Crippen LogP contribution in [0.5, 0.6) is 0 Å². The van der Waals surface area contributed by atoms with E-state index in [1.807, 2.05) is 0 Å². The summed E-state index contributed by atoms with van der Waals surface area (Å²) in [6.07, 6.45) is 2.33. The average molecular weight is 242 g/mol. The third-order valence-electron chi connectivity index (χ3n) is 2.85. The van der Waals surface area contributed by atoms with Crippen LogP contribution in [0.2, 0.25) is 0 Å². The lowest BCUT2D eigenvalue weighted by Crippen LogP contribution is -2.39. The molecular formula is C8H16ClNO3S. The molecule has 1 saturated carbocycles. The molecule has 0 aromatic carbocycles. The summed E-state index contributed by atoms with van der Waals surface area (Å²) in [6.45, 7) is 0.527. The Hall–Kier alpha value is 0.160. The molecule has 1 aliphatic rings. The minimum atomic E-state index is -3.01. The number of sulfone groups is 1. The van der Waals surface area contributed by atoms with Crippen molar-refractivity contribution in [2.24, 2.45) is 5.92 Å². The van der Waals surface area contributed by atoms with Gasteiger partial charge in [0.25, 0.3) is 0 Å². The van der Waals surface area contributed by atoms with Gasteiger partial charge in [-0.05, 0) is 37.0 Å². The number of halogens is 1. The quantitative estimate of drug-likeness (QED) is 0.698. The second kappa shape index (κ2) is 4.79. The van der Waals surface area contributed by atoms with Crippen LogP contribution >= 0.6 is 11.8 Å². The largest absolute Gasteiger partial charge is 0.393 e. The highest BCUT2D eigenvalue weighted by atomic mass is 35.5. The van der Waals surface area contributed by atoms with Gasteiger partial charge in [0.2, 0.25) is 0 Å². The first-order valence-corrected chi connectivity index (χ1v) is 6.99. The predicted molar refractivity (Wildman–Crippen MR) is 55.8 cm³/mol. The number of rotatable bonds is 3. The minimum absolute atomic E-state index is 0.0745. The lowest BCUT2D eigenvalue weighted by molar-refractivity contribution is 0.0739. The maximum atomic E-state index is 11.2. The van der Waals surface area contributed by atoms with Crippen LogP contribution in [0.15, 0.2) is 0 Å². The van der Waals surface area contributed by atoms with Crippen LogP contribution in [-0.2, 0) is 9.84 Å². The number of hydrogen-bond donors (Lipinski definition) is 2. The van der Waals surface area contributed by atoms with Gasteiger partial charge in [0.05, 0.1) is 11.4 Å². The van der Waals surface area contributed by atoms with Gasteiger partial charge in [0.1, 0.15) is 9.84 Å². The Bertz CT molecular complexity index is 280. The molecule has 0 aromatic rings. The van der Waals surface area contributed by atoms with Gasteiger partial charge in [0.15, 0.2) is 0 Å². The fourth-order valence-corrected chi connectivity index (χ4v) is 3.21. The van der Waals surface area contributed by atoms with Gasteiger partial charge in [-0.15, -0.1) is 0 Å². The highest BCUT2D eigenvalue weighted by Gasteiger charge is 2.33. The molecule has 0 radical (unpaired) electrons. The van der Waals surface area contributed by atoms with E-state index in [4.69, 9.17) is 11.8 Å². The highest BCUT2D eigenvalue weighted by Crippen LogP contribution is 2.28. The van der Waals surface area contributed by atoms with Crippen LogP contribution in [0.4, 0.5) is 0 Å². The maximum Gasteiger partial charge on any atom is 0.150 e. The first-order valence-electron chi connectivity index (χ1n) is 4.65. The van der Waals surface area contributed by atoms with E-state index in [-0.39, 0.29) is 11.2 Å². The van der Waals surface area contributed by atoms with E-state index in [0.29, 0.717) is 25.8 Å². The summed E-state index contributed by atoms with van der Waals surface area (Å²) in [6, 6.07) is 0. The Morgan fingerprint density at radius 1 is 1.50 bits per heavy atom. The number of aliphatic hydroxyl groups is 1. The van der Waals surface area contributed by atoms with Crippen LogP contribution in [0.3, 0.4) is 0 Å². The van der Waals surface area contributed by atoms with Crippen molar-refractivity contribution < 1.29 is 13.5 Å². The van der Waals surface area contributed by atoms with E-state index >= 15 is 0 Å². The highest BCUT2D eigenvalue weighted by molar-refractivity contribution is 7.91. The van der Waals surface area contributed by atoms with E-state index in [1.54, 1.807) is 0 Å². The number of aliphatic hydroxyl groups excluding tert-OH is 1. The van der Waals surface area contributed by atoms with Gasteiger partial charge < -0.3 is 5.11 Å². The van der Waals surface area contributed by atoms with Crippen molar-refractivity contribution in [3.05, 3.63) is 0 Å². The van der Waals surface area contributed by atoms with Crippen molar-refractivity contribution >= 4 is 21.6 Å². The summed E-state index contributed by atoms with van der Waals surface area (Å²) >= 11 is 5.35. The van der Waals surface area contributed by atoms with Crippen molar-refractivity contribution in [1.82, 2.24) is 4.84 Å². The zero-order chi connectivity index (χ0) is 10.8. The molecule has 1 fully saturated rings. The molecule has 0 bridgehead atoms. The van der Waals surface area contributed by atoms with Crippen molar-refractivity contribution in [1.29, 1.82) is 0 Å². The Morgan fingerprint density at radius 2 is 2.14 bits per heavy atom. The summed E-state index contributed by atoms with van der Waals surface area (Å²) in [7, 11) is -3.01. The molecule has 0 aromatic heterocycles. The van der Waals surface area contributed by atoms with Gasteiger partial charge >= 0.3 is 0 Å². The van der Waals surface area contributed by atoms with E-state index in [0.717, 1.165) is 0 Å². The standard InChI is InChI=1S/C8H16ClNO3S/c1-14(12,13)7-3-2-6(5-10-9)8(11)4-7/h6-8,10-11H,2-5H2,1H3/t6-,7+,8+/m0/s1. The monoisotopic (exact) mass is 241 g/mol. The molecule has 84 valence electrons. The van der Waals surface area contributed by atoms with Crippen LogP contribution < -0.4 is 4.84 Å². The summed E-state index contributed by atoms with van der Waals surface area (Å²) < 4.78 is 22.5.